The molecule has 3 nitrogen and oxygen atoms in total. The van der Waals surface area contributed by atoms with Gasteiger partial charge in [0.05, 0.1) is 0 Å². The Kier molecular flexibility index (Phi) is 3.39. The van der Waals surface area contributed by atoms with Gasteiger partial charge in [-0.2, -0.15) is 0 Å². The molecule has 0 bridgehead atoms. The fourth-order valence-corrected chi connectivity index (χ4v) is 1.70. The third-order valence-electron chi connectivity index (χ3n) is 2.63. The Morgan fingerprint density at radius 2 is 1.72 bits per heavy atom. The summed E-state index contributed by atoms with van der Waals surface area (Å²) < 4.78 is 13.5. The molecule has 0 heterocycles. The normalized spacial score (nSPS) is 12.1. The molecule has 0 aliphatic heterocycles. The summed E-state index contributed by atoms with van der Waals surface area (Å²) in [5, 5.41) is 18.1. The van der Waals surface area contributed by atoms with E-state index in [1.165, 1.54) is 6.07 Å². The lowest BCUT2D eigenvalue weighted by Crippen LogP contribution is -2.12. The van der Waals surface area contributed by atoms with Crippen molar-refractivity contribution in [2.24, 2.45) is 0 Å². The Morgan fingerprint density at radius 1 is 1.06 bits per heavy atom. The number of benzene rings is 2. The highest BCUT2D eigenvalue weighted by Gasteiger charge is 2.20. The number of aliphatic carboxylic acids is 1. The smallest absolute Gasteiger partial charge is 0.337 e. The molecule has 1 unspecified atom stereocenters. The number of hydrogen-bond donors (Lipinski definition) is 2. The second-order valence-electron chi connectivity index (χ2n) is 3.84. The van der Waals surface area contributed by atoms with Crippen molar-refractivity contribution >= 4 is 5.97 Å². The molecule has 1 atom stereocenters. The van der Waals surface area contributed by atoms with Gasteiger partial charge < -0.3 is 10.2 Å². The average Bonchev–Trinajstić information content (AvgIpc) is 2.39. The maximum atomic E-state index is 13.5. The van der Waals surface area contributed by atoms with Crippen LogP contribution in [-0.2, 0) is 4.79 Å². The molecule has 2 N–H and O–H groups in total. The molecule has 0 spiro atoms. The molecule has 0 saturated carbocycles. The second kappa shape index (κ2) is 4.98. The molecular weight excluding hydrogens is 235 g/mol. The maximum absolute atomic E-state index is 13.5. The zero-order valence-electron chi connectivity index (χ0n) is 9.38. The first-order valence-electron chi connectivity index (χ1n) is 5.35. The molecule has 0 aliphatic rings. The van der Waals surface area contributed by atoms with Crippen molar-refractivity contribution in [1.29, 1.82) is 0 Å². The van der Waals surface area contributed by atoms with Crippen molar-refractivity contribution in [3.8, 4) is 11.1 Å². The number of rotatable bonds is 3. The van der Waals surface area contributed by atoms with E-state index in [-0.39, 0.29) is 5.56 Å². The summed E-state index contributed by atoms with van der Waals surface area (Å²) in [7, 11) is 0. The lowest BCUT2D eigenvalue weighted by Gasteiger charge is -2.09. The number of hydrogen-bond acceptors (Lipinski definition) is 2. The predicted molar refractivity (Wildman–Crippen MR) is 64.4 cm³/mol. The van der Waals surface area contributed by atoms with E-state index in [1.54, 1.807) is 6.07 Å². The summed E-state index contributed by atoms with van der Waals surface area (Å²) >= 11 is 0. The van der Waals surface area contributed by atoms with Gasteiger partial charge in [0.25, 0.3) is 0 Å². The van der Waals surface area contributed by atoms with Crippen LogP contribution in [0.2, 0.25) is 0 Å². The van der Waals surface area contributed by atoms with Gasteiger partial charge in [-0.15, -0.1) is 0 Å². The molecule has 92 valence electrons. The Bertz CT molecular complexity index is 567. The van der Waals surface area contributed by atoms with Gasteiger partial charge in [-0.25, -0.2) is 9.18 Å². The lowest BCUT2D eigenvalue weighted by molar-refractivity contribution is -0.147. The van der Waals surface area contributed by atoms with E-state index < -0.39 is 17.9 Å². The molecule has 2 aromatic carbocycles. The first-order valence-corrected chi connectivity index (χ1v) is 5.35. The first kappa shape index (κ1) is 12.3. The van der Waals surface area contributed by atoms with Crippen LogP contribution in [0.4, 0.5) is 4.39 Å². The molecule has 0 saturated heterocycles. The van der Waals surface area contributed by atoms with Gasteiger partial charge in [0.15, 0.2) is 6.10 Å². The highest BCUT2D eigenvalue weighted by atomic mass is 19.1. The number of carboxylic acid groups (broad SMARTS) is 1. The lowest BCUT2D eigenvalue weighted by atomic mass is 10.0. The first-order chi connectivity index (χ1) is 8.59. The summed E-state index contributed by atoms with van der Waals surface area (Å²) in [5.74, 6) is -2.20. The Morgan fingerprint density at radius 3 is 2.33 bits per heavy atom. The minimum Gasteiger partial charge on any atom is -0.479 e. The Labute approximate surface area is 103 Å². The minimum absolute atomic E-state index is 0.233. The molecule has 0 aliphatic carbocycles. The van der Waals surface area contributed by atoms with Crippen LogP contribution >= 0.6 is 0 Å². The number of carboxylic acids is 1. The Hall–Kier alpha value is -2.20. The number of aliphatic hydroxyl groups excluding tert-OH is 1. The van der Waals surface area contributed by atoms with Gasteiger partial charge in [0.2, 0.25) is 0 Å². The van der Waals surface area contributed by atoms with Crippen LogP contribution in [0.15, 0.2) is 48.5 Å². The third-order valence-corrected chi connectivity index (χ3v) is 2.63. The van der Waals surface area contributed by atoms with Gasteiger partial charge in [0, 0.05) is 5.56 Å². The molecule has 4 heteroatoms. The van der Waals surface area contributed by atoms with E-state index in [2.05, 4.69) is 0 Å². The summed E-state index contributed by atoms with van der Waals surface area (Å²) in [6.45, 7) is 0. The molecular formula is C14H11FO3. The van der Waals surface area contributed by atoms with Crippen LogP contribution < -0.4 is 0 Å². The largest absolute Gasteiger partial charge is 0.479 e. The van der Waals surface area contributed by atoms with Crippen LogP contribution in [0.1, 0.15) is 11.7 Å². The van der Waals surface area contributed by atoms with Crippen LogP contribution in [0.5, 0.6) is 0 Å². The van der Waals surface area contributed by atoms with Crippen LogP contribution in [0.3, 0.4) is 0 Å². The maximum Gasteiger partial charge on any atom is 0.337 e. The van der Waals surface area contributed by atoms with Crippen molar-refractivity contribution in [2.75, 3.05) is 0 Å². The minimum atomic E-state index is -1.85. The fraction of sp³-hybridized carbons (Fsp3) is 0.0714. The van der Waals surface area contributed by atoms with Crippen molar-refractivity contribution in [3.05, 3.63) is 59.9 Å². The van der Waals surface area contributed by atoms with Gasteiger partial charge in [-0.05, 0) is 23.3 Å². The zero-order chi connectivity index (χ0) is 13.1. The molecule has 2 aromatic rings. The van der Waals surface area contributed by atoms with Gasteiger partial charge >= 0.3 is 5.97 Å². The summed E-state index contributed by atoms with van der Waals surface area (Å²) in [5.41, 5.74) is 1.26. The standard InChI is InChI=1S/C14H11FO3/c15-12-7-6-10(9-4-2-1-3-5-9)8-11(12)13(16)14(17)18/h1-8,13,16H,(H,17,18). The zero-order valence-corrected chi connectivity index (χ0v) is 9.38. The molecule has 2 rings (SSSR count). The summed E-state index contributed by atoms with van der Waals surface area (Å²) in [6.07, 6.45) is -1.85. The van der Waals surface area contributed by atoms with Gasteiger partial charge in [0.1, 0.15) is 5.82 Å². The van der Waals surface area contributed by atoms with E-state index in [1.807, 2.05) is 30.3 Å². The van der Waals surface area contributed by atoms with Crippen molar-refractivity contribution in [2.45, 2.75) is 6.10 Å². The highest BCUT2D eigenvalue weighted by Crippen LogP contribution is 2.25. The van der Waals surface area contributed by atoms with Crippen molar-refractivity contribution in [3.63, 3.8) is 0 Å². The quantitative estimate of drug-likeness (QED) is 0.875. The van der Waals surface area contributed by atoms with E-state index in [9.17, 15) is 14.3 Å². The van der Waals surface area contributed by atoms with Crippen molar-refractivity contribution in [1.82, 2.24) is 0 Å². The Balaban J connectivity index is 2.47. The average molecular weight is 246 g/mol. The molecule has 0 aromatic heterocycles. The molecule has 0 amide bonds. The number of aliphatic hydroxyl groups is 1. The summed E-state index contributed by atoms with van der Waals surface area (Å²) in [6, 6.07) is 13.2. The van der Waals surface area contributed by atoms with E-state index in [0.29, 0.717) is 5.56 Å². The van der Waals surface area contributed by atoms with Crippen LogP contribution in [0, 0.1) is 5.82 Å². The van der Waals surface area contributed by atoms with E-state index >= 15 is 0 Å². The molecule has 18 heavy (non-hydrogen) atoms. The number of carbonyl (C=O) groups is 1. The second-order valence-corrected chi connectivity index (χ2v) is 3.84. The van der Waals surface area contributed by atoms with Crippen molar-refractivity contribution < 1.29 is 19.4 Å². The SMILES string of the molecule is O=C(O)C(O)c1cc(-c2ccccc2)ccc1F. The van der Waals surface area contributed by atoms with Gasteiger partial charge in [-0.3, -0.25) is 0 Å². The summed E-state index contributed by atoms with van der Waals surface area (Å²) in [4.78, 5) is 10.7. The van der Waals surface area contributed by atoms with E-state index in [0.717, 1.165) is 11.6 Å². The highest BCUT2D eigenvalue weighted by molar-refractivity contribution is 5.75. The fourth-order valence-electron chi connectivity index (χ4n) is 1.70. The van der Waals surface area contributed by atoms with Gasteiger partial charge in [-0.1, -0.05) is 36.4 Å². The molecule has 0 fully saturated rings. The topological polar surface area (TPSA) is 57.5 Å². The predicted octanol–water partition coefficient (Wildman–Crippen LogP) is 2.61. The third kappa shape index (κ3) is 2.38. The molecule has 0 radical (unpaired) electrons. The monoisotopic (exact) mass is 246 g/mol. The van der Waals surface area contributed by atoms with E-state index in [4.69, 9.17) is 5.11 Å². The van der Waals surface area contributed by atoms with Crippen LogP contribution in [-0.4, -0.2) is 16.2 Å². The number of halogens is 1. The van der Waals surface area contributed by atoms with Crippen LogP contribution in [0.25, 0.3) is 11.1 Å².